The molecule has 2 atom stereocenters. The first-order valence-corrected chi connectivity index (χ1v) is 5.06. The van der Waals surface area contributed by atoms with E-state index in [1.54, 1.807) is 0 Å². The first-order chi connectivity index (χ1) is 8.92. The second-order valence-electron chi connectivity index (χ2n) is 3.28. The highest BCUT2D eigenvalue weighted by atomic mass is 16.6. The topological polar surface area (TPSA) is 128 Å². The molecule has 104 valence electrons. The van der Waals surface area contributed by atoms with Gasteiger partial charge in [-0.05, 0) is 5.53 Å². The van der Waals surface area contributed by atoms with Crippen molar-refractivity contribution in [3.63, 3.8) is 0 Å². The van der Waals surface area contributed by atoms with Crippen LogP contribution in [-0.2, 0) is 28.6 Å². The number of esters is 2. The molecular weight excluding hydrogens is 258 g/mol. The number of hydrogen-bond acceptors (Lipinski definition) is 7. The van der Waals surface area contributed by atoms with Crippen molar-refractivity contribution >= 4 is 18.4 Å². The van der Waals surface area contributed by atoms with Gasteiger partial charge < -0.3 is 14.2 Å². The molecule has 0 N–H and O–H groups in total. The Hall–Kier alpha value is -2.54. The van der Waals surface area contributed by atoms with Gasteiger partial charge >= 0.3 is 11.9 Å². The summed E-state index contributed by atoms with van der Waals surface area (Å²) in [6.45, 7) is 5.38. The summed E-state index contributed by atoms with van der Waals surface area (Å²) in [5.41, 5.74) is 8.13. The molecule has 0 aromatic carbocycles. The van der Waals surface area contributed by atoms with Crippen LogP contribution >= 0.6 is 0 Å². The number of ether oxygens (including phenoxy) is 3. The van der Waals surface area contributed by atoms with Gasteiger partial charge in [-0.15, -0.1) is 0 Å². The van der Waals surface area contributed by atoms with Crippen LogP contribution in [0.4, 0.5) is 0 Å². The van der Waals surface area contributed by atoms with Gasteiger partial charge in [-0.3, -0.25) is 14.4 Å². The van der Waals surface area contributed by atoms with Crippen molar-refractivity contribution in [2.24, 2.45) is 5.11 Å². The third-order valence-corrected chi connectivity index (χ3v) is 1.81. The van der Waals surface area contributed by atoms with Crippen LogP contribution in [0.3, 0.4) is 0 Å². The molecule has 0 aromatic rings. The van der Waals surface area contributed by atoms with Gasteiger partial charge in [-0.2, -0.15) is 0 Å². The average molecular weight is 271 g/mol. The van der Waals surface area contributed by atoms with Gasteiger partial charge in [-0.25, -0.2) is 0 Å². The second-order valence-corrected chi connectivity index (χ2v) is 3.28. The lowest BCUT2D eigenvalue weighted by Gasteiger charge is -2.24. The van der Waals surface area contributed by atoms with E-state index in [2.05, 4.69) is 26.1 Å². The highest BCUT2D eigenvalue weighted by molar-refractivity contribution is 5.67. The molecule has 0 saturated carbocycles. The Bertz CT molecular complexity index is 415. The Morgan fingerprint density at radius 1 is 1.42 bits per heavy atom. The van der Waals surface area contributed by atoms with Gasteiger partial charge in [-0.1, -0.05) is 11.7 Å². The van der Waals surface area contributed by atoms with Crippen LogP contribution in [0.25, 0.3) is 10.4 Å². The summed E-state index contributed by atoms with van der Waals surface area (Å²) >= 11 is 0. The minimum atomic E-state index is -1.24. The third-order valence-electron chi connectivity index (χ3n) is 1.81. The Balaban J connectivity index is 5.03. The van der Waals surface area contributed by atoms with Crippen molar-refractivity contribution in [3.05, 3.63) is 22.7 Å². The fourth-order valence-electron chi connectivity index (χ4n) is 1.12. The lowest BCUT2D eigenvalue weighted by Crippen LogP contribution is -2.38. The summed E-state index contributed by atoms with van der Waals surface area (Å²) in [6.07, 6.45) is -2.39. The number of carbonyl (C=O) groups is 3. The normalized spacial score (nSPS) is 12.3. The Morgan fingerprint density at radius 2 is 2.05 bits per heavy atom. The molecule has 0 unspecified atom stereocenters. The summed E-state index contributed by atoms with van der Waals surface area (Å²) in [7, 11) is 0. The maximum atomic E-state index is 11.0. The SMILES string of the molecule is C=C(N=[N+]=[N-])[C@H](OC(C)=O)[C@@H](COC(C)=O)OC=O. The molecule has 9 heteroatoms. The highest BCUT2D eigenvalue weighted by Crippen LogP contribution is 2.15. The predicted octanol–water partition coefficient (Wildman–Crippen LogP) is 0.847. The fourth-order valence-corrected chi connectivity index (χ4v) is 1.12. The van der Waals surface area contributed by atoms with E-state index >= 15 is 0 Å². The van der Waals surface area contributed by atoms with Gasteiger partial charge in [0.1, 0.15) is 6.61 Å². The van der Waals surface area contributed by atoms with Crippen molar-refractivity contribution in [2.45, 2.75) is 26.1 Å². The summed E-state index contributed by atoms with van der Waals surface area (Å²) < 4.78 is 14.1. The molecule has 0 aliphatic heterocycles. The van der Waals surface area contributed by atoms with E-state index in [0.717, 1.165) is 13.8 Å². The molecule has 0 fully saturated rings. The molecule has 0 rings (SSSR count). The quantitative estimate of drug-likeness (QED) is 0.161. The molecule has 9 nitrogen and oxygen atoms in total. The minimum Gasteiger partial charge on any atom is -0.462 e. The van der Waals surface area contributed by atoms with E-state index in [0.29, 0.717) is 0 Å². The van der Waals surface area contributed by atoms with E-state index in [4.69, 9.17) is 10.3 Å². The van der Waals surface area contributed by atoms with Crippen LogP contribution < -0.4 is 0 Å². The van der Waals surface area contributed by atoms with Crippen LogP contribution in [0.2, 0.25) is 0 Å². The second kappa shape index (κ2) is 8.54. The maximum absolute atomic E-state index is 11.0. The Kier molecular flexibility index (Phi) is 7.39. The zero-order chi connectivity index (χ0) is 14.8. The summed E-state index contributed by atoms with van der Waals surface area (Å²) in [4.78, 5) is 34.6. The fraction of sp³-hybridized carbons (Fsp3) is 0.500. The van der Waals surface area contributed by atoms with Crippen molar-refractivity contribution in [1.29, 1.82) is 0 Å². The summed E-state index contributed by atoms with van der Waals surface area (Å²) in [6, 6.07) is 0. The molecule has 19 heavy (non-hydrogen) atoms. The van der Waals surface area contributed by atoms with Crippen molar-refractivity contribution < 1.29 is 28.6 Å². The Labute approximate surface area is 108 Å². The molecule has 0 spiro atoms. The molecule has 0 saturated heterocycles. The van der Waals surface area contributed by atoms with E-state index in [-0.39, 0.29) is 18.8 Å². The molecule has 0 aromatic heterocycles. The highest BCUT2D eigenvalue weighted by Gasteiger charge is 2.29. The Morgan fingerprint density at radius 3 is 2.47 bits per heavy atom. The monoisotopic (exact) mass is 271 g/mol. The van der Waals surface area contributed by atoms with E-state index in [9.17, 15) is 14.4 Å². The molecular formula is C10H13N3O6. The first kappa shape index (κ1) is 16.5. The largest absolute Gasteiger partial charge is 0.462 e. The lowest BCUT2D eigenvalue weighted by molar-refractivity contribution is -0.164. The lowest BCUT2D eigenvalue weighted by atomic mass is 10.1. The van der Waals surface area contributed by atoms with Crippen LogP contribution in [0.5, 0.6) is 0 Å². The minimum absolute atomic E-state index is 0.0913. The molecule has 0 amide bonds. The average Bonchev–Trinajstić information content (AvgIpc) is 2.31. The van der Waals surface area contributed by atoms with Crippen LogP contribution in [0.15, 0.2) is 17.4 Å². The van der Waals surface area contributed by atoms with E-state index in [1.807, 2.05) is 0 Å². The third kappa shape index (κ3) is 6.69. The van der Waals surface area contributed by atoms with Gasteiger partial charge in [0, 0.05) is 18.8 Å². The van der Waals surface area contributed by atoms with Crippen molar-refractivity contribution in [2.75, 3.05) is 6.61 Å². The smallest absolute Gasteiger partial charge is 0.303 e. The zero-order valence-corrected chi connectivity index (χ0v) is 10.4. The molecule has 0 bridgehead atoms. The van der Waals surface area contributed by atoms with Gasteiger partial charge in [0.05, 0.1) is 5.70 Å². The van der Waals surface area contributed by atoms with E-state index < -0.39 is 24.1 Å². The predicted molar refractivity (Wildman–Crippen MR) is 61.4 cm³/mol. The van der Waals surface area contributed by atoms with Gasteiger partial charge in [0.15, 0.2) is 12.2 Å². The van der Waals surface area contributed by atoms with Crippen molar-refractivity contribution in [1.82, 2.24) is 0 Å². The number of hydrogen-bond donors (Lipinski definition) is 0. The van der Waals surface area contributed by atoms with Crippen LogP contribution in [-0.4, -0.2) is 37.2 Å². The maximum Gasteiger partial charge on any atom is 0.303 e. The zero-order valence-electron chi connectivity index (χ0n) is 10.4. The number of azide groups is 1. The number of nitrogens with zero attached hydrogens (tertiary/aromatic N) is 3. The van der Waals surface area contributed by atoms with Gasteiger partial charge in [0.2, 0.25) is 0 Å². The molecule has 0 radical (unpaired) electrons. The standard InChI is InChI=1S/C10H13N3O6/c1-6(12-13-11)10(19-8(3)16)9(18-5-14)4-17-7(2)15/h5,9-10H,1,4H2,2-3H3/t9-,10+/m1/s1. The summed E-state index contributed by atoms with van der Waals surface area (Å²) in [5, 5.41) is 3.18. The van der Waals surface area contributed by atoms with Crippen LogP contribution in [0.1, 0.15) is 13.8 Å². The molecule has 0 aliphatic rings. The number of rotatable bonds is 8. The first-order valence-electron chi connectivity index (χ1n) is 5.06. The van der Waals surface area contributed by atoms with E-state index in [1.165, 1.54) is 0 Å². The summed E-state index contributed by atoms with van der Waals surface area (Å²) in [5.74, 6) is -1.32. The van der Waals surface area contributed by atoms with Crippen LogP contribution in [0, 0.1) is 0 Å². The van der Waals surface area contributed by atoms with Gasteiger partial charge in [0.25, 0.3) is 6.47 Å². The number of carbonyl (C=O) groups excluding carboxylic acids is 3. The molecule has 0 aliphatic carbocycles. The van der Waals surface area contributed by atoms with Crippen molar-refractivity contribution in [3.8, 4) is 0 Å². The molecule has 0 heterocycles.